The zero-order valence-corrected chi connectivity index (χ0v) is 18.8. The van der Waals surface area contributed by atoms with Gasteiger partial charge in [-0.2, -0.15) is 13.2 Å². The number of halogens is 3. The molecule has 0 fully saturated rings. The van der Waals surface area contributed by atoms with Crippen molar-refractivity contribution in [2.45, 2.75) is 32.0 Å². The summed E-state index contributed by atoms with van der Waals surface area (Å²) >= 11 is 0. The maximum Gasteiger partial charge on any atom is 0.416 e. The molecule has 0 radical (unpaired) electrons. The third-order valence-electron chi connectivity index (χ3n) is 5.16. The molecule has 1 aromatic heterocycles. The fourth-order valence-corrected chi connectivity index (χ4v) is 3.08. The first kappa shape index (κ1) is 24.8. The van der Waals surface area contributed by atoms with Crippen molar-refractivity contribution in [1.29, 1.82) is 0 Å². The summed E-state index contributed by atoms with van der Waals surface area (Å²) in [4.78, 5) is 29.7. The number of pyridine rings is 1. The number of nitrogens with zero attached hydrogens (tertiary/aromatic N) is 2. The van der Waals surface area contributed by atoms with Gasteiger partial charge in [-0.15, -0.1) is 0 Å². The zero-order valence-electron chi connectivity index (χ0n) is 18.8. The van der Waals surface area contributed by atoms with Crippen molar-refractivity contribution in [2.75, 3.05) is 11.9 Å². The molecule has 0 aliphatic carbocycles. The van der Waals surface area contributed by atoms with Crippen molar-refractivity contribution in [3.05, 3.63) is 78.0 Å². The van der Waals surface area contributed by atoms with Gasteiger partial charge in [-0.25, -0.2) is 4.79 Å². The monoisotopic (exact) mass is 472 g/mol. The maximum absolute atomic E-state index is 12.8. The number of amides is 1. The maximum atomic E-state index is 12.8. The van der Waals surface area contributed by atoms with E-state index in [1.165, 1.54) is 37.1 Å². The fourth-order valence-electron chi connectivity index (χ4n) is 3.08. The van der Waals surface area contributed by atoms with Crippen molar-refractivity contribution < 1.29 is 32.6 Å². The van der Waals surface area contributed by atoms with E-state index in [2.05, 4.69) is 4.98 Å². The van der Waals surface area contributed by atoms with E-state index in [9.17, 15) is 27.9 Å². The molecule has 1 amide bonds. The third-order valence-corrected chi connectivity index (χ3v) is 5.16. The quantitative estimate of drug-likeness (QED) is 0.510. The minimum atomic E-state index is -4.41. The molecule has 6 nitrogen and oxygen atoms in total. The van der Waals surface area contributed by atoms with E-state index in [1.807, 2.05) is 0 Å². The van der Waals surface area contributed by atoms with Crippen LogP contribution in [0, 0.1) is 0 Å². The smallest absolute Gasteiger partial charge is 0.416 e. The van der Waals surface area contributed by atoms with Crippen LogP contribution in [0.1, 0.15) is 25.0 Å². The van der Waals surface area contributed by atoms with Gasteiger partial charge >= 0.3 is 12.1 Å². The summed E-state index contributed by atoms with van der Waals surface area (Å²) in [6.07, 6.45) is -2.89. The topological polar surface area (TPSA) is 79.7 Å². The Hall–Kier alpha value is -3.88. The summed E-state index contributed by atoms with van der Waals surface area (Å²) in [5.41, 5.74) is 0.00267. The number of aromatic nitrogens is 1. The van der Waals surface area contributed by atoms with Crippen molar-refractivity contribution in [3.8, 4) is 17.0 Å². The van der Waals surface area contributed by atoms with Crippen LogP contribution in [0.15, 0.2) is 66.9 Å². The van der Waals surface area contributed by atoms with Crippen LogP contribution in [0.2, 0.25) is 0 Å². The number of carboxylic acid groups (broad SMARTS) is 1. The first-order valence-electron chi connectivity index (χ1n) is 10.3. The number of hydrogen-bond acceptors (Lipinski definition) is 4. The molecule has 0 unspecified atom stereocenters. The predicted molar refractivity (Wildman–Crippen MR) is 121 cm³/mol. The van der Waals surface area contributed by atoms with Crippen LogP contribution in [0.5, 0.6) is 5.75 Å². The van der Waals surface area contributed by atoms with Crippen LogP contribution in [0.3, 0.4) is 0 Å². The predicted octanol–water partition coefficient (Wildman–Crippen LogP) is 5.21. The average molecular weight is 472 g/mol. The van der Waals surface area contributed by atoms with Gasteiger partial charge in [-0.3, -0.25) is 9.78 Å². The highest BCUT2D eigenvalue weighted by atomic mass is 19.4. The number of likely N-dealkylation sites (N-methyl/N-ethyl adjacent to an activating group) is 1. The zero-order chi connectivity index (χ0) is 25.1. The highest BCUT2D eigenvalue weighted by molar-refractivity contribution is 5.94. The van der Waals surface area contributed by atoms with E-state index >= 15 is 0 Å². The second kappa shape index (κ2) is 9.54. The highest BCUT2D eigenvalue weighted by Crippen LogP contribution is 2.31. The number of carboxylic acids is 1. The van der Waals surface area contributed by atoms with Gasteiger partial charge < -0.3 is 14.7 Å². The molecule has 3 rings (SSSR count). The fraction of sp³-hybridized carbons (Fsp3) is 0.240. The van der Waals surface area contributed by atoms with E-state index in [1.54, 1.807) is 43.4 Å². The Morgan fingerprint density at radius 2 is 1.71 bits per heavy atom. The Bertz CT molecular complexity index is 1170. The number of hydrogen-bond donors (Lipinski definition) is 1. The number of alkyl halides is 3. The molecule has 0 atom stereocenters. The Labute approximate surface area is 194 Å². The molecule has 3 aromatic rings. The third kappa shape index (κ3) is 5.92. The van der Waals surface area contributed by atoms with Crippen LogP contribution < -0.4 is 9.64 Å². The normalized spacial score (nSPS) is 11.7. The van der Waals surface area contributed by atoms with Gasteiger partial charge in [0.15, 0.2) is 5.60 Å². The van der Waals surface area contributed by atoms with Gasteiger partial charge in [0.1, 0.15) is 5.75 Å². The van der Waals surface area contributed by atoms with Gasteiger partial charge in [0, 0.05) is 12.6 Å². The van der Waals surface area contributed by atoms with Crippen LogP contribution in [0.25, 0.3) is 11.3 Å². The molecular weight excluding hydrogens is 449 g/mol. The minimum absolute atomic E-state index is 0.0435. The standard InChI is InChI=1S/C25H23F3N2O4/c1-24(2,23(32)33)34-20-6-4-5-16(13-20)14-22(31)30(3)19-11-12-21(29-15-19)17-7-9-18(10-8-17)25(26,27)28/h4-13,15H,14H2,1-3H3,(H,32,33). The molecule has 0 saturated carbocycles. The van der Waals surface area contributed by atoms with Crippen molar-refractivity contribution in [3.63, 3.8) is 0 Å². The molecular formula is C25H23F3N2O4. The number of rotatable bonds is 7. The Kier molecular flexibility index (Phi) is 6.95. The lowest BCUT2D eigenvalue weighted by Gasteiger charge is -2.22. The molecule has 2 aromatic carbocycles. The van der Waals surface area contributed by atoms with Crippen molar-refractivity contribution in [2.24, 2.45) is 0 Å². The molecule has 0 aliphatic heterocycles. The molecule has 0 saturated heterocycles. The van der Waals surface area contributed by atoms with E-state index < -0.39 is 23.3 Å². The van der Waals surface area contributed by atoms with Crippen LogP contribution in [-0.4, -0.2) is 34.6 Å². The van der Waals surface area contributed by atoms with Gasteiger partial charge in [-0.05, 0) is 55.8 Å². The number of carbonyl (C=O) groups excluding carboxylic acids is 1. The number of benzene rings is 2. The van der Waals surface area contributed by atoms with Crippen molar-refractivity contribution >= 4 is 17.6 Å². The summed E-state index contributed by atoms with van der Waals surface area (Å²) in [6.45, 7) is 2.87. The molecule has 34 heavy (non-hydrogen) atoms. The first-order valence-corrected chi connectivity index (χ1v) is 10.3. The van der Waals surface area contributed by atoms with E-state index in [0.717, 1.165) is 12.1 Å². The van der Waals surface area contributed by atoms with Crippen LogP contribution in [0.4, 0.5) is 18.9 Å². The number of carbonyl (C=O) groups is 2. The van der Waals surface area contributed by atoms with Gasteiger partial charge in [-0.1, -0.05) is 24.3 Å². The summed E-state index contributed by atoms with van der Waals surface area (Å²) in [7, 11) is 1.59. The molecule has 0 spiro atoms. The lowest BCUT2D eigenvalue weighted by Crippen LogP contribution is -2.37. The number of ether oxygens (including phenoxy) is 1. The Morgan fingerprint density at radius 1 is 1.03 bits per heavy atom. The second-order valence-electron chi connectivity index (χ2n) is 8.17. The number of aliphatic carboxylic acids is 1. The van der Waals surface area contributed by atoms with Gasteiger partial charge in [0.05, 0.1) is 29.6 Å². The number of anilines is 1. The van der Waals surface area contributed by atoms with E-state index in [0.29, 0.717) is 28.3 Å². The summed E-state index contributed by atoms with van der Waals surface area (Å²) < 4.78 is 43.7. The highest BCUT2D eigenvalue weighted by Gasteiger charge is 2.30. The van der Waals surface area contributed by atoms with Crippen molar-refractivity contribution in [1.82, 2.24) is 4.98 Å². The van der Waals surface area contributed by atoms with E-state index in [-0.39, 0.29) is 12.3 Å². The molecule has 0 aliphatic rings. The Balaban J connectivity index is 1.68. The van der Waals surface area contributed by atoms with Gasteiger partial charge in [0.2, 0.25) is 5.91 Å². The lowest BCUT2D eigenvalue weighted by molar-refractivity contribution is -0.152. The van der Waals surface area contributed by atoms with E-state index in [4.69, 9.17) is 4.74 Å². The lowest BCUT2D eigenvalue weighted by atomic mass is 10.1. The van der Waals surface area contributed by atoms with Crippen LogP contribution in [-0.2, 0) is 22.2 Å². The molecule has 0 bridgehead atoms. The molecule has 1 heterocycles. The Morgan fingerprint density at radius 3 is 2.26 bits per heavy atom. The SMILES string of the molecule is CN(C(=O)Cc1cccc(OC(C)(C)C(=O)O)c1)c1ccc(-c2ccc(C(F)(F)F)cc2)nc1. The summed E-state index contributed by atoms with van der Waals surface area (Å²) in [5, 5.41) is 9.22. The molecule has 178 valence electrons. The summed E-state index contributed by atoms with van der Waals surface area (Å²) in [5.74, 6) is -1.01. The molecule has 1 N–H and O–H groups in total. The largest absolute Gasteiger partial charge is 0.478 e. The minimum Gasteiger partial charge on any atom is -0.478 e. The summed E-state index contributed by atoms with van der Waals surface area (Å²) in [6, 6.07) is 14.6. The van der Waals surface area contributed by atoms with Gasteiger partial charge in [0.25, 0.3) is 0 Å². The molecule has 9 heteroatoms. The van der Waals surface area contributed by atoms with Crippen LogP contribution >= 0.6 is 0 Å². The second-order valence-corrected chi connectivity index (χ2v) is 8.17. The first-order chi connectivity index (χ1) is 15.9. The average Bonchev–Trinajstić information content (AvgIpc) is 2.78.